The molecule has 0 unspecified atom stereocenters. The van der Waals surface area contributed by atoms with Gasteiger partial charge in [0.25, 0.3) is 0 Å². The third-order valence-corrected chi connectivity index (χ3v) is 5.31. The average molecular weight is 436 g/mol. The number of aromatic nitrogens is 1. The van der Waals surface area contributed by atoms with Crippen LogP contribution in [0.1, 0.15) is 99.9 Å². The van der Waals surface area contributed by atoms with Crippen molar-refractivity contribution in [1.82, 2.24) is 4.98 Å². The van der Waals surface area contributed by atoms with Crippen molar-refractivity contribution >= 4 is 0 Å². The standard InChI is InChI=1S/C20H29NO3.C3H8.2C2H6/c1-14-18(24-17-11-16(12-17)23-6)8-7-15(21-14)9-10-19(2,3)20(4,5)13-22;1-3-2;2*1-2/h7-8,16-17,22H,11-13H2,1-6H3;3H2,1-2H3;2*1-2H3. The minimum absolute atomic E-state index is 0.0950. The van der Waals surface area contributed by atoms with Crippen LogP contribution in [-0.2, 0) is 4.74 Å². The number of hydrogen-bond donors (Lipinski definition) is 1. The normalized spacial score (nSPS) is 17.1. The zero-order chi connectivity index (χ0) is 24.7. The third-order valence-electron chi connectivity index (χ3n) is 5.31. The lowest BCUT2D eigenvalue weighted by atomic mass is 9.69. The van der Waals surface area contributed by atoms with E-state index in [1.54, 1.807) is 7.11 Å². The summed E-state index contributed by atoms with van der Waals surface area (Å²) in [6, 6.07) is 3.83. The van der Waals surface area contributed by atoms with E-state index in [0.717, 1.165) is 30.0 Å². The van der Waals surface area contributed by atoms with Crippen molar-refractivity contribution < 1.29 is 14.6 Å². The second-order valence-electron chi connectivity index (χ2n) is 8.47. The van der Waals surface area contributed by atoms with E-state index in [1.807, 2.05) is 74.4 Å². The highest BCUT2D eigenvalue weighted by molar-refractivity contribution is 5.37. The van der Waals surface area contributed by atoms with Gasteiger partial charge in [0.05, 0.1) is 11.8 Å². The van der Waals surface area contributed by atoms with Gasteiger partial charge in [-0.25, -0.2) is 4.98 Å². The Hall–Kier alpha value is -1.57. The second-order valence-corrected chi connectivity index (χ2v) is 8.47. The van der Waals surface area contributed by atoms with Crippen molar-refractivity contribution in [2.45, 2.75) is 108 Å². The van der Waals surface area contributed by atoms with E-state index in [4.69, 9.17) is 9.47 Å². The number of hydrogen-bond acceptors (Lipinski definition) is 4. The van der Waals surface area contributed by atoms with E-state index in [0.29, 0.717) is 6.10 Å². The first-order valence-corrected chi connectivity index (χ1v) is 11.9. The first-order chi connectivity index (χ1) is 14.6. The molecular formula is C27H49NO3. The van der Waals surface area contributed by atoms with E-state index in [1.165, 1.54) is 6.42 Å². The minimum atomic E-state index is -0.312. The molecule has 0 aliphatic heterocycles. The van der Waals surface area contributed by atoms with Crippen molar-refractivity contribution in [3.63, 3.8) is 0 Å². The lowest BCUT2D eigenvalue weighted by Gasteiger charge is -2.35. The molecule has 1 aromatic rings. The maximum Gasteiger partial charge on any atom is 0.141 e. The van der Waals surface area contributed by atoms with Crippen LogP contribution in [0.5, 0.6) is 5.75 Å². The molecule has 180 valence electrons. The Labute approximate surface area is 193 Å². The van der Waals surface area contributed by atoms with E-state index in [2.05, 4.69) is 30.7 Å². The molecule has 4 heteroatoms. The summed E-state index contributed by atoms with van der Waals surface area (Å²) in [4.78, 5) is 4.54. The Bertz CT molecular complexity index is 650. The maximum atomic E-state index is 9.55. The Morgan fingerprint density at radius 1 is 1.03 bits per heavy atom. The molecule has 0 spiro atoms. The molecule has 0 saturated heterocycles. The van der Waals surface area contributed by atoms with E-state index >= 15 is 0 Å². The van der Waals surface area contributed by atoms with Crippen LogP contribution in [0, 0.1) is 29.6 Å². The summed E-state index contributed by atoms with van der Waals surface area (Å²) in [5, 5.41) is 9.55. The maximum absolute atomic E-state index is 9.55. The summed E-state index contributed by atoms with van der Waals surface area (Å²) in [5.41, 5.74) is 0.986. The molecule has 1 aliphatic rings. The highest BCUT2D eigenvalue weighted by Gasteiger charge is 2.35. The van der Waals surface area contributed by atoms with E-state index in [9.17, 15) is 5.11 Å². The second kappa shape index (κ2) is 16.1. The van der Waals surface area contributed by atoms with Crippen LogP contribution in [0.4, 0.5) is 0 Å². The Kier molecular flexibility index (Phi) is 16.4. The molecule has 1 saturated carbocycles. The molecule has 0 amide bonds. The monoisotopic (exact) mass is 435 g/mol. The van der Waals surface area contributed by atoms with Crippen LogP contribution in [0.15, 0.2) is 12.1 Å². The van der Waals surface area contributed by atoms with Crippen molar-refractivity contribution in [2.75, 3.05) is 13.7 Å². The Morgan fingerprint density at radius 2 is 1.55 bits per heavy atom. The van der Waals surface area contributed by atoms with E-state index < -0.39 is 0 Å². The largest absolute Gasteiger partial charge is 0.488 e. The molecule has 0 bridgehead atoms. The molecule has 4 nitrogen and oxygen atoms in total. The summed E-state index contributed by atoms with van der Waals surface area (Å²) in [7, 11) is 1.74. The van der Waals surface area contributed by atoms with Crippen LogP contribution in [0.25, 0.3) is 0 Å². The van der Waals surface area contributed by atoms with Gasteiger partial charge in [-0.15, -0.1) is 0 Å². The van der Waals surface area contributed by atoms with E-state index in [-0.39, 0.29) is 23.5 Å². The number of ether oxygens (including phenoxy) is 2. The van der Waals surface area contributed by atoms with Gasteiger partial charge in [-0.1, -0.05) is 67.7 Å². The number of methoxy groups -OCH3 is 1. The van der Waals surface area contributed by atoms with Crippen molar-refractivity contribution in [3.05, 3.63) is 23.5 Å². The van der Waals surface area contributed by atoms with Crippen LogP contribution in [0.2, 0.25) is 0 Å². The smallest absolute Gasteiger partial charge is 0.141 e. The van der Waals surface area contributed by atoms with Gasteiger partial charge in [0.15, 0.2) is 0 Å². The third kappa shape index (κ3) is 10.5. The number of aliphatic hydroxyl groups is 1. The molecule has 1 N–H and O–H groups in total. The molecule has 1 heterocycles. The topological polar surface area (TPSA) is 51.6 Å². The van der Waals surface area contributed by atoms with Crippen LogP contribution in [-0.4, -0.2) is 36.0 Å². The highest BCUT2D eigenvalue weighted by Crippen LogP contribution is 2.37. The van der Waals surface area contributed by atoms with Gasteiger partial charge in [0.2, 0.25) is 0 Å². The zero-order valence-electron chi connectivity index (χ0n) is 22.3. The summed E-state index contributed by atoms with van der Waals surface area (Å²) in [6.45, 7) is 22.4. The molecule has 0 atom stereocenters. The molecule has 0 radical (unpaired) electrons. The Morgan fingerprint density at radius 3 is 1.97 bits per heavy atom. The van der Waals surface area contributed by atoms with Gasteiger partial charge < -0.3 is 14.6 Å². The minimum Gasteiger partial charge on any atom is -0.488 e. The fourth-order valence-electron chi connectivity index (χ4n) is 2.32. The lowest BCUT2D eigenvalue weighted by Crippen LogP contribution is -2.39. The highest BCUT2D eigenvalue weighted by atomic mass is 16.5. The molecule has 0 aromatic carbocycles. The van der Waals surface area contributed by atoms with Crippen molar-refractivity contribution in [3.8, 4) is 17.6 Å². The molecule has 2 rings (SSSR count). The van der Waals surface area contributed by atoms with Crippen LogP contribution in [0.3, 0.4) is 0 Å². The average Bonchev–Trinajstić information content (AvgIpc) is 2.73. The number of nitrogens with zero attached hydrogens (tertiary/aromatic N) is 1. The number of aliphatic hydroxyl groups excluding tert-OH is 1. The number of pyridine rings is 1. The number of aryl methyl sites for hydroxylation is 1. The predicted octanol–water partition coefficient (Wildman–Crippen LogP) is 6.81. The summed E-state index contributed by atoms with van der Waals surface area (Å²) < 4.78 is 11.2. The first kappa shape index (κ1) is 31.6. The first-order valence-electron chi connectivity index (χ1n) is 11.9. The van der Waals surface area contributed by atoms with Crippen LogP contribution >= 0.6 is 0 Å². The Balaban J connectivity index is 0. The SMILES string of the molecule is CC.CC.CCC.COC1CC(Oc2ccc(C#CC(C)(C)C(C)(C)CO)nc2C)C1. The van der Waals surface area contributed by atoms with Crippen molar-refractivity contribution in [2.24, 2.45) is 10.8 Å². The van der Waals surface area contributed by atoms with Crippen molar-refractivity contribution in [1.29, 1.82) is 0 Å². The molecule has 1 aromatic heterocycles. The summed E-state index contributed by atoms with van der Waals surface area (Å²) >= 11 is 0. The van der Waals surface area contributed by atoms with Gasteiger partial charge >= 0.3 is 0 Å². The fourth-order valence-corrected chi connectivity index (χ4v) is 2.32. The number of rotatable bonds is 5. The van der Waals surface area contributed by atoms with Gasteiger partial charge in [-0.3, -0.25) is 0 Å². The zero-order valence-corrected chi connectivity index (χ0v) is 22.3. The quantitative estimate of drug-likeness (QED) is 0.516. The molecule has 1 aliphatic carbocycles. The van der Waals surface area contributed by atoms with Gasteiger partial charge in [0.1, 0.15) is 17.5 Å². The fraction of sp³-hybridized carbons (Fsp3) is 0.741. The summed E-state index contributed by atoms with van der Waals surface area (Å²) in [6.07, 6.45) is 3.66. The van der Waals surface area contributed by atoms with Gasteiger partial charge in [0, 0.05) is 37.4 Å². The lowest BCUT2D eigenvalue weighted by molar-refractivity contribution is -0.0384. The summed E-state index contributed by atoms with van der Waals surface area (Å²) in [5.74, 6) is 7.22. The molecular weight excluding hydrogens is 386 g/mol. The van der Waals surface area contributed by atoms with Crippen LogP contribution < -0.4 is 4.74 Å². The van der Waals surface area contributed by atoms with Gasteiger partial charge in [-0.05, 0) is 38.8 Å². The molecule has 1 fully saturated rings. The molecule has 31 heavy (non-hydrogen) atoms. The van der Waals surface area contributed by atoms with Gasteiger partial charge in [-0.2, -0.15) is 0 Å². The predicted molar refractivity (Wildman–Crippen MR) is 134 cm³/mol.